The van der Waals surface area contributed by atoms with Crippen molar-refractivity contribution in [3.63, 3.8) is 0 Å². The van der Waals surface area contributed by atoms with Crippen LogP contribution in [0.2, 0.25) is 0 Å². The molecule has 0 fully saturated rings. The summed E-state index contributed by atoms with van der Waals surface area (Å²) in [6.45, 7) is 3.72. The Morgan fingerprint density at radius 2 is 1.55 bits per heavy atom. The molecule has 3 rings (SSSR count). The molecule has 0 heterocycles. The van der Waals surface area contributed by atoms with Crippen molar-refractivity contribution in [2.24, 2.45) is 0 Å². The Kier molecular flexibility index (Phi) is 5.93. The fraction of sp³-hybridized carbons (Fsp3) is 0.208. The van der Waals surface area contributed by atoms with Crippen molar-refractivity contribution in [2.75, 3.05) is 0 Å². The largest absolute Gasteiger partial charge is 0.286 e. The number of nitriles is 1. The van der Waals surface area contributed by atoms with Gasteiger partial charge in [0.05, 0.1) is 5.56 Å². The Morgan fingerprint density at radius 1 is 0.897 bits per heavy atom. The Labute approximate surface area is 167 Å². The Hall–Kier alpha value is -3.26. The number of aryl methyl sites for hydroxylation is 1. The van der Waals surface area contributed by atoms with E-state index in [2.05, 4.69) is 6.92 Å². The fourth-order valence-corrected chi connectivity index (χ4v) is 3.53. The molecule has 5 heteroatoms. The van der Waals surface area contributed by atoms with Gasteiger partial charge in [-0.1, -0.05) is 50.6 Å². The summed E-state index contributed by atoms with van der Waals surface area (Å²) in [4.78, 5) is 0. The van der Waals surface area contributed by atoms with E-state index in [1.165, 1.54) is 12.1 Å². The fourth-order valence-electron chi connectivity index (χ4n) is 3.53. The van der Waals surface area contributed by atoms with Gasteiger partial charge in [0.2, 0.25) is 11.6 Å². The van der Waals surface area contributed by atoms with Gasteiger partial charge in [-0.2, -0.15) is 9.65 Å². The molecule has 0 saturated carbocycles. The van der Waals surface area contributed by atoms with Crippen molar-refractivity contribution < 1.29 is 18.3 Å². The molecule has 0 amide bonds. The molecule has 0 saturated heterocycles. The molecular formula is C24H19F3NO. The minimum atomic E-state index is -1.48. The molecule has 0 N–H and O–H groups in total. The lowest BCUT2D eigenvalue weighted by Crippen LogP contribution is -2.02. The summed E-state index contributed by atoms with van der Waals surface area (Å²) in [5, 5.41) is 21.6. The van der Waals surface area contributed by atoms with E-state index in [4.69, 9.17) is 5.26 Å². The zero-order chi connectivity index (χ0) is 21.1. The van der Waals surface area contributed by atoms with E-state index in [1.807, 2.05) is 12.1 Å². The Morgan fingerprint density at radius 3 is 2.10 bits per heavy atom. The van der Waals surface area contributed by atoms with E-state index < -0.39 is 23.2 Å². The first-order valence-corrected chi connectivity index (χ1v) is 9.43. The van der Waals surface area contributed by atoms with Crippen molar-refractivity contribution in [1.29, 1.82) is 5.26 Å². The number of hydrogen-bond acceptors (Lipinski definition) is 1. The first kappa shape index (κ1) is 20.5. The normalized spacial score (nSPS) is 10.8. The number of rotatable bonds is 5. The van der Waals surface area contributed by atoms with Crippen LogP contribution in [-0.4, -0.2) is 0 Å². The maximum atomic E-state index is 14.6. The Bertz CT molecular complexity index is 1100. The summed E-state index contributed by atoms with van der Waals surface area (Å²) in [6, 6.07) is 12.6. The molecule has 3 aromatic carbocycles. The summed E-state index contributed by atoms with van der Waals surface area (Å²) in [6.07, 6.45) is 1.99. The van der Waals surface area contributed by atoms with Crippen LogP contribution < -0.4 is 0 Å². The van der Waals surface area contributed by atoms with E-state index in [-0.39, 0.29) is 34.2 Å². The van der Waals surface area contributed by atoms with Gasteiger partial charge >= 0.3 is 0 Å². The van der Waals surface area contributed by atoms with Crippen LogP contribution in [0.4, 0.5) is 13.2 Å². The van der Waals surface area contributed by atoms with E-state index in [0.717, 1.165) is 24.5 Å². The van der Waals surface area contributed by atoms with Gasteiger partial charge in [0.15, 0.2) is 5.82 Å². The van der Waals surface area contributed by atoms with Crippen LogP contribution in [0.15, 0.2) is 42.5 Å². The van der Waals surface area contributed by atoms with Gasteiger partial charge in [0, 0.05) is 5.56 Å². The molecule has 0 spiro atoms. The van der Waals surface area contributed by atoms with Gasteiger partial charge in [-0.15, -0.1) is 0 Å². The Balaban J connectivity index is 2.34. The first-order valence-electron chi connectivity index (χ1n) is 9.43. The molecule has 0 aliphatic rings. The smallest absolute Gasteiger partial charge is 0.225 e. The highest BCUT2D eigenvalue weighted by Gasteiger charge is 2.27. The second-order valence-corrected chi connectivity index (χ2v) is 6.79. The molecule has 2 nitrogen and oxygen atoms in total. The quantitative estimate of drug-likeness (QED) is 0.461. The van der Waals surface area contributed by atoms with E-state index in [0.29, 0.717) is 5.56 Å². The summed E-state index contributed by atoms with van der Waals surface area (Å²) in [5.74, 6) is -4.61. The highest BCUT2D eigenvalue weighted by molar-refractivity contribution is 5.90. The zero-order valence-electron chi connectivity index (χ0n) is 16.2. The van der Waals surface area contributed by atoms with Crippen LogP contribution in [0.3, 0.4) is 0 Å². The van der Waals surface area contributed by atoms with Crippen molar-refractivity contribution in [3.8, 4) is 34.1 Å². The molecule has 0 aromatic heterocycles. The molecule has 0 atom stereocenters. The van der Waals surface area contributed by atoms with Gasteiger partial charge in [0.25, 0.3) is 0 Å². The van der Waals surface area contributed by atoms with Crippen LogP contribution in [0.5, 0.6) is 5.75 Å². The second kappa shape index (κ2) is 8.40. The minimum Gasteiger partial charge on any atom is -0.286 e. The maximum absolute atomic E-state index is 14.6. The van der Waals surface area contributed by atoms with Crippen LogP contribution in [-0.2, 0) is 17.9 Å². The van der Waals surface area contributed by atoms with E-state index in [1.54, 1.807) is 25.1 Å². The molecule has 0 aliphatic heterocycles. The van der Waals surface area contributed by atoms with Crippen LogP contribution in [0.25, 0.3) is 22.3 Å². The van der Waals surface area contributed by atoms with Gasteiger partial charge in [-0.3, -0.25) is 5.11 Å². The van der Waals surface area contributed by atoms with Gasteiger partial charge in [-0.25, -0.2) is 8.78 Å². The van der Waals surface area contributed by atoms with Gasteiger partial charge in [-0.05, 0) is 52.8 Å². The number of benzene rings is 3. The van der Waals surface area contributed by atoms with Crippen molar-refractivity contribution >= 4 is 0 Å². The van der Waals surface area contributed by atoms with E-state index in [9.17, 15) is 18.3 Å². The van der Waals surface area contributed by atoms with Crippen molar-refractivity contribution in [1.82, 2.24) is 0 Å². The third-order valence-electron chi connectivity index (χ3n) is 4.95. The molecular weight excluding hydrogens is 375 g/mol. The SMILES string of the molecule is CCCc1ccc(-c2c(CC)c(F)c(F)c([O])c2-c2ccc(C#N)c(F)c2)cc1. The summed E-state index contributed by atoms with van der Waals surface area (Å²) < 4.78 is 43.2. The number of nitrogens with zero attached hydrogens (tertiary/aromatic N) is 1. The van der Waals surface area contributed by atoms with Gasteiger partial charge in [0.1, 0.15) is 11.9 Å². The predicted octanol–water partition coefficient (Wildman–Crippen LogP) is 6.97. The highest BCUT2D eigenvalue weighted by atomic mass is 19.2. The first-order chi connectivity index (χ1) is 13.9. The molecule has 0 aliphatic carbocycles. The molecule has 147 valence electrons. The minimum absolute atomic E-state index is 0.0603. The third-order valence-corrected chi connectivity index (χ3v) is 4.95. The lowest BCUT2D eigenvalue weighted by atomic mass is 9.87. The number of hydrogen-bond donors (Lipinski definition) is 0. The third kappa shape index (κ3) is 3.71. The zero-order valence-corrected chi connectivity index (χ0v) is 16.2. The second-order valence-electron chi connectivity index (χ2n) is 6.79. The van der Waals surface area contributed by atoms with E-state index >= 15 is 0 Å². The summed E-state index contributed by atoms with van der Waals surface area (Å²) in [7, 11) is 0. The summed E-state index contributed by atoms with van der Waals surface area (Å²) >= 11 is 0. The van der Waals surface area contributed by atoms with Crippen LogP contribution in [0.1, 0.15) is 37.0 Å². The molecule has 1 radical (unpaired) electrons. The van der Waals surface area contributed by atoms with Crippen molar-refractivity contribution in [3.05, 3.63) is 76.6 Å². The molecule has 0 bridgehead atoms. The predicted molar refractivity (Wildman–Crippen MR) is 105 cm³/mol. The standard InChI is InChI=1S/C24H19F3NO/c1-3-5-14-6-8-15(9-7-14)20-18(4-2)22(26)23(27)24(29)21(20)16-10-11-17(13-28)19(25)12-16/h6-12H,3-5H2,1-2H3. The van der Waals surface area contributed by atoms with Crippen molar-refractivity contribution in [2.45, 2.75) is 33.1 Å². The monoisotopic (exact) mass is 394 g/mol. The average Bonchev–Trinajstić information content (AvgIpc) is 2.72. The molecule has 3 aromatic rings. The highest BCUT2D eigenvalue weighted by Crippen LogP contribution is 2.45. The van der Waals surface area contributed by atoms with Crippen LogP contribution in [0, 0.1) is 28.8 Å². The maximum Gasteiger partial charge on any atom is 0.225 e. The summed E-state index contributed by atoms with van der Waals surface area (Å²) in [5.41, 5.74) is 1.77. The topological polar surface area (TPSA) is 43.7 Å². The number of halogens is 3. The lowest BCUT2D eigenvalue weighted by Gasteiger charge is -2.18. The average molecular weight is 394 g/mol. The lowest BCUT2D eigenvalue weighted by molar-refractivity contribution is 0.321. The van der Waals surface area contributed by atoms with Gasteiger partial charge < -0.3 is 0 Å². The molecule has 29 heavy (non-hydrogen) atoms. The van der Waals surface area contributed by atoms with Crippen LogP contribution >= 0.6 is 0 Å². The molecule has 0 unspecified atom stereocenters.